The molecule has 9 nitrogen and oxygen atoms in total. The Balaban J connectivity index is 1.56. The summed E-state index contributed by atoms with van der Waals surface area (Å²) in [4.78, 5) is 19.5. The predicted octanol–water partition coefficient (Wildman–Crippen LogP) is 2.49. The number of aromatic nitrogens is 1. The van der Waals surface area contributed by atoms with Crippen molar-refractivity contribution in [3.8, 4) is 0 Å². The fourth-order valence-corrected chi connectivity index (χ4v) is 4.16. The van der Waals surface area contributed by atoms with Gasteiger partial charge in [0.1, 0.15) is 11.6 Å². The highest BCUT2D eigenvalue weighted by molar-refractivity contribution is 5.69. The Labute approximate surface area is 180 Å². The van der Waals surface area contributed by atoms with E-state index in [0.29, 0.717) is 23.7 Å². The summed E-state index contributed by atoms with van der Waals surface area (Å²) in [7, 11) is 0. The van der Waals surface area contributed by atoms with Gasteiger partial charge >= 0.3 is 5.69 Å². The molecule has 1 unspecified atom stereocenters. The average molecular weight is 430 g/mol. The summed E-state index contributed by atoms with van der Waals surface area (Å²) in [6, 6.07) is 7.78. The molecule has 2 aromatic rings. The van der Waals surface area contributed by atoms with Crippen LogP contribution >= 0.6 is 0 Å². The highest BCUT2D eigenvalue weighted by Crippen LogP contribution is 2.32. The fourth-order valence-electron chi connectivity index (χ4n) is 4.16. The maximum Gasteiger partial charge on any atom is 0.311 e. The van der Waals surface area contributed by atoms with Crippen LogP contribution in [0.15, 0.2) is 30.3 Å². The molecule has 2 saturated heterocycles. The number of rotatable bonds is 6. The second-order valence-corrected chi connectivity index (χ2v) is 7.96. The highest BCUT2D eigenvalue weighted by atomic mass is 19.1. The molecule has 3 N–H and O–H groups in total. The van der Waals surface area contributed by atoms with Crippen molar-refractivity contribution in [2.45, 2.75) is 12.8 Å². The summed E-state index contributed by atoms with van der Waals surface area (Å²) in [5.41, 5.74) is 0.705. The molecule has 166 valence electrons. The first kappa shape index (κ1) is 21.3. The zero-order chi connectivity index (χ0) is 21.8. The number of aliphatic hydroxyl groups excluding tert-OH is 1. The average Bonchev–Trinajstić information content (AvgIpc) is 2.79. The number of nitrogens with one attached hydrogen (secondary N) is 2. The van der Waals surface area contributed by atoms with E-state index in [4.69, 9.17) is 0 Å². The third kappa shape index (κ3) is 4.86. The minimum atomic E-state index is -0.496. The van der Waals surface area contributed by atoms with Gasteiger partial charge in [0.05, 0.1) is 10.6 Å². The molecule has 0 aliphatic carbocycles. The minimum Gasteiger partial charge on any atom is -0.396 e. The Kier molecular flexibility index (Phi) is 6.47. The normalized spacial score (nSPS) is 19.4. The van der Waals surface area contributed by atoms with Crippen molar-refractivity contribution < 1.29 is 14.4 Å². The Hall–Kier alpha value is -2.98. The molecule has 0 radical (unpaired) electrons. The molecule has 0 amide bonds. The van der Waals surface area contributed by atoms with Crippen LogP contribution in [-0.4, -0.2) is 60.9 Å². The Morgan fingerprint density at radius 3 is 2.74 bits per heavy atom. The molecule has 3 heterocycles. The predicted molar refractivity (Wildman–Crippen MR) is 118 cm³/mol. The van der Waals surface area contributed by atoms with E-state index in [1.165, 1.54) is 12.1 Å². The van der Waals surface area contributed by atoms with Gasteiger partial charge < -0.3 is 25.5 Å². The molecule has 2 aliphatic heterocycles. The van der Waals surface area contributed by atoms with Crippen LogP contribution in [0.4, 0.5) is 33.1 Å². The van der Waals surface area contributed by atoms with Crippen LogP contribution in [0.2, 0.25) is 0 Å². The molecular formula is C21H27FN6O3. The van der Waals surface area contributed by atoms with Crippen LogP contribution in [0.3, 0.4) is 0 Å². The molecule has 1 aromatic heterocycles. The molecule has 10 heteroatoms. The first-order valence-corrected chi connectivity index (χ1v) is 10.6. The lowest BCUT2D eigenvalue weighted by Crippen LogP contribution is -2.43. The molecule has 2 fully saturated rings. The lowest BCUT2D eigenvalue weighted by atomic mass is 9.98. The van der Waals surface area contributed by atoms with E-state index < -0.39 is 10.7 Å². The molecule has 2 aliphatic rings. The molecule has 1 atom stereocenters. The number of nitro groups is 1. The van der Waals surface area contributed by atoms with Gasteiger partial charge in [-0.05, 0) is 43.0 Å². The summed E-state index contributed by atoms with van der Waals surface area (Å²) in [6.07, 6.45) is 1.84. The molecule has 0 saturated carbocycles. The third-order valence-electron chi connectivity index (χ3n) is 5.83. The van der Waals surface area contributed by atoms with Gasteiger partial charge in [-0.1, -0.05) is 0 Å². The van der Waals surface area contributed by atoms with E-state index >= 15 is 0 Å². The van der Waals surface area contributed by atoms with Crippen molar-refractivity contribution in [1.29, 1.82) is 0 Å². The number of hydrogen-bond donors (Lipinski definition) is 3. The van der Waals surface area contributed by atoms with E-state index in [2.05, 4.69) is 20.5 Å². The molecule has 0 spiro atoms. The molecule has 0 bridgehead atoms. The lowest BCUT2D eigenvalue weighted by molar-refractivity contribution is -0.384. The number of piperidine rings is 1. The number of piperazine rings is 1. The van der Waals surface area contributed by atoms with Crippen LogP contribution in [0.25, 0.3) is 0 Å². The Morgan fingerprint density at radius 2 is 2.03 bits per heavy atom. The Morgan fingerprint density at radius 1 is 1.23 bits per heavy atom. The number of nitrogens with zero attached hydrogens (tertiary/aromatic N) is 4. The van der Waals surface area contributed by atoms with Crippen LogP contribution in [0.1, 0.15) is 12.8 Å². The largest absolute Gasteiger partial charge is 0.396 e. The monoisotopic (exact) mass is 430 g/mol. The smallest absolute Gasteiger partial charge is 0.311 e. The first-order valence-electron chi connectivity index (χ1n) is 10.6. The topological polar surface area (TPSA) is 107 Å². The number of hydrogen-bond acceptors (Lipinski definition) is 8. The van der Waals surface area contributed by atoms with Gasteiger partial charge in [0.2, 0.25) is 5.82 Å². The quantitative estimate of drug-likeness (QED) is 0.474. The lowest BCUT2D eigenvalue weighted by Gasteiger charge is -2.33. The van der Waals surface area contributed by atoms with Crippen molar-refractivity contribution in [3.63, 3.8) is 0 Å². The van der Waals surface area contributed by atoms with Gasteiger partial charge in [0, 0.05) is 57.6 Å². The standard InChI is InChI=1S/C21H27FN6O3/c22-17-12-16(3-4-18(17)27-9-1-2-15(13-27)14-29)24-21-19(28(30)31)5-6-20(25-21)26-10-7-23-8-11-26/h3-6,12,15,23,29H,1-2,7-11,13-14H2,(H,24,25). The first-order chi connectivity index (χ1) is 15.0. The summed E-state index contributed by atoms with van der Waals surface area (Å²) < 4.78 is 14.9. The Bertz CT molecular complexity index is 937. The summed E-state index contributed by atoms with van der Waals surface area (Å²) in [5.74, 6) is 0.469. The van der Waals surface area contributed by atoms with Crippen molar-refractivity contribution in [1.82, 2.24) is 10.3 Å². The SMILES string of the molecule is O=[N+]([O-])c1ccc(N2CCNCC2)nc1Nc1ccc(N2CCCC(CO)C2)c(F)c1. The van der Waals surface area contributed by atoms with Gasteiger partial charge in [-0.2, -0.15) is 0 Å². The molecule has 4 rings (SSSR count). The van der Waals surface area contributed by atoms with Crippen molar-refractivity contribution >= 4 is 28.7 Å². The maximum atomic E-state index is 14.9. The molecule has 31 heavy (non-hydrogen) atoms. The summed E-state index contributed by atoms with van der Waals surface area (Å²) in [6.45, 7) is 4.61. The van der Waals surface area contributed by atoms with E-state index in [1.807, 2.05) is 4.90 Å². The van der Waals surface area contributed by atoms with Crippen molar-refractivity contribution in [2.24, 2.45) is 5.92 Å². The van der Waals surface area contributed by atoms with Crippen LogP contribution in [0, 0.1) is 21.8 Å². The van der Waals surface area contributed by atoms with E-state index in [9.17, 15) is 19.6 Å². The second-order valence-electron chi connectivity index (χ2n) is 7.96. The zero-order valence-corrected chi connectivity index (χ0v) is 17.3. The van der Waals surface area contributed by atoms with Crippen molar-refractivity contribution in [2.75, 3.05) is 61.0 Å². The molecule has 1 aromatic carbocycles. The number of anilines is 4. The maximum absolute atomic E-state index is 14.9. The van der Waals surface area contributed by atoms with Gasteiger partial charge in [-0.25, -0.2) is 9.37 Å². The van der Waals surface area contributed by atoms with Crippen LogP contribution in [0.5, 0.6) is 0 Å². The number of pyridine rings is 1. The van der Waals surface area contributed by atoms with E-state index in [1.54, 1.807) is 18.2 Å². The summed E-state index contributed by atoms with van der Waals surface area (Å²) >= 11 is 0. The highest BCUT2D eigenvalue weighted by Gasteiger charge is 2.23. The minimum absolute atomic E-state index is 0.0894. The number of halogens is 1. The molecular weight excluding hydrogens is 403 g/mol. The van der Waals surface area contributed by atoms with Crippen LogP contribution < -0.4 is 20.4 Å². The van der Waals surface area contributed by atoms with E-state index in [-0.39, 0.29) is 24.0 Å². The number of aliphatic hydroxyl groups is 1. The van der Waals surface area contributed by atoms with E-state index in [0.717, 1.165) is 45.6 Å². The fraction of sp³-hybridized carbons (Fsp3) is 0.476. The van der Waals surface area contributed by atoms with Gasteiger partial charge in [-0.15, -0.1) is 0 Å². The van der Waals surface area contributed by atoms with Gasteiger partial charge in [-0.3, -0.25) is 10.1 Å². The van der Waals surface area contributed by atoms with Crippen molar-refractivity contribution in [3.05, 3.63) is 46.3 Å². The zero-order valence-electron chi connectivity index (χ0n) is 17.3. The second kappa shape index (κ2) is 9.44. The third-order valence-corrected chi connectivity index (χ3v) is 5.83. The number of benzene rings is 1. The van der Waals surface area contributed by atoms with Gasteiger partial charge in [0.25, 0.3) is 0 Å². The summed E-state index contributed by atoms with van der Waals surface area (Å²) in [5, 5.41) is 27.1. The van der Waals surface area contributed by atoms with Gasteiger partial charge in [0.15, 0.2) is 0 Å². The van der Waals surface area contributed by atoms with Crippen LogP contribution in [-0.2, 0) is 0 Å².